The molecule has 0 N–H and O–H groups in total. The Bertz CT molecular complexity index is 1230. The molecule has 1 saturated carbocycles. The molecule has 0 bridgehead atoms. The van der Waals surface area contributed by atoms with Crippen LogP contribution in [0.1, 0.15) is 28.8 Å². The van der Waals surface area contributed by atoms with Crippen molar-refractivity contribution in [2.45, 2.75) is 24.3 Å². The lowest BCUT2D eigenvalue weighted by molar-refractivity contribution is 0.0734. The molecule has 0 saturated heterocycles. The van der Waals surface area contributed by atoms with E-state index in [1.807, 2.05) is 0 Å². The van der Waals surface area contributed by atoms with Crippen LogP contribution in [-0.2, 0) is 16.7 Å². The monoisotopic (exact) mass is 473 g/mol. The van der Waals surface area contributed by atoms with E-state index in [1.54, 1.807) is 47.4 Å². The molecule has 1 amide bonds. The Kier molecular flexibility index (Phi) is 6.48. The summed E-state index contributed by atoms with van der Waals surface area (Å²) in [4.78, 5) is 14.7. The quantitative estimate of drug-likeness (QED) is 0.416. The normalized spacial score (nSPS) is 13.6. The number of hydrogen-bond donors (Lipinski definition) is 0. The Morgan fingerprint density at radius 2 is 1.66 bits per heavy atom. The molecule has 32 heavy (non-hydrogen) atoms. The maximum absolute atomic E-state index is 13.2. The third-order valence-corrected chi connectivity index (χ3v) is 6.78. The lowest BCUT2D eigenvalue weighted by atomic mass is 10.1. The summed E-state index contributed by atoms with van der Waals surface area (Å²) >= 11 is 6.24. The van der Waals surface area contributed by atoms with Crippen molar-refractivity contribution in [3.8, 4) is 5.75 Å². The van der Waals surface area contributed by atoms with Gasteiger partial charge >= 0.3 is 10.1 Å². The number of amides is 1. The van der Waals surface area contributed by atoms with Crippen LogP contribution in [0.2, 0.25) is 5.02 Å². The van der Waals surface area contributed by atoms with Gasteiger partial charge in [0.05, 0.1) is 10.6 Å². The lowest BCUT2D eigenvalue weighted by Crippen LogP contribution is -2.33. The smallest absolute Gasteiger partial charge is 0.339 e. The van der Waals surface area contributed by atoms with Crippen LogP contribution in [0.25, 0.3) is 0 Å². The first-order chi connectivity index (χ1) is 15.3. The van der Waals surface area contributed by atoms with Crippen molar-refractivity contribution in [1.82, 2.24) is 4.90 Å². The molecule has 0 aromatic heterocycles. The van der Waals surface area contributed by atoms with E-state index in [9.17, 15) is 17.6 Å². The molecule has 8 heteroatoms. The summed E-state index contributed by atoms with van der Waals surface area (Å²) in [5.74, 6) is -0.237. The molecular formula is C24H21ClFNO4S. The van der Waals surface area contributed by atoms with Gasteiger partial charge in [0.25, 0.3) is 5.91 Å². The average molecular weight is 474 g/mol. The summed E-state index contributed by atoms with van der Waals surface area (Å²) in [6, 6.07) is 17.9. The number of carbonyl (C=O) groups is 1. The van der Waals surface area contributed by atoms with E-state index in [2.05, 4.69) is 0 Å². The summed E-state index contributed by atoms with van der Waals surface area (Å²) < 4.78 is 43.9. The number of hydrogen-bond acceptors (Lipinski definition) is 4. The molecule has 1 aliphatic rings. The molecule has 5 nitrogen and oxygen atoms in total. The second-order valence-corrected chi connectivity index (χ2v) is 9.66. The Morgan fingerprint density at radius 1 is 1.00 bits per heavy atom. The first-order valence-corrected chi connectivity index (χ1v) is 11.9. The highest BCUT2D eigenvalue weighted by atomic mass is 35.5. The lowest BCUT2D eigenvalue weighted by Gasteiger charge is -2.24. The first-order valence-electron chi connectivity index (χ1n) is 10.2. The molecule has 1 aliphatic carbocycles. The highest BCUT2D eigenvalue weighted by Crippen LogP contribution is 2.32. The van der Waals surface area contributed by atoms with E-state index in [1.165, 1.54) is 6.07 Å². The molecule has 0 radical (unpaired) electrons. The molecule has 0 atom stereocenters. The van der Waals surface area contributed by atoms with Gasteiger partial charge < -0.3 is 9.08 Å². The van der Waals surface area contributed by atoms with Crippen LogP contribution >= 0.6 is 11.6 Å². The molecule has 4 rings (SSSR count). The van der Waals surface area contributed by atoms with Crippen LogP contribution in [0.4, 0.5) is 4.39 Å². The van der Waals surface area contributed by atoms with Crippen LogP contribution in [0.15, 0.2) is 77.7 Å². The van der Waals surface area contributed by atoms with Crippen molar-refractivity contribution in [3.05, 3.63) is 94.8 Å². The van der Waals surface area contributed by atoms with Crippen molar-refractivity contribution in [2.24, 2.45) is 5.92 Å². The van der Waals surface area contributed by atoms with Gasteiger partial charge in [0.15, 0.2) is 0 Å². The Balaban J connectivity index is 1.61. The van der Waals surface area contributed by atoms with Gasteiger partial charge in [0, 0.05) is 18.7 Å². The van der Waals surface area contributed by atoms with E-state index < -0.39 is 15.9 Å². The van der Waals surface area contributed by atoms with Crippen molar-refractivity contribution < 1.29 is 21.8 Å². The number of para-hydroxylation sites is 1. The van der Waals surface area contributed by atoms with Crippen molar-refractivity contribution in [1.29, 1.82) is 0 Å². The Labute approximate surface area is 191 Å². The second kappa shape index (κ2) is 9.30. The van der Waals surface area contributed by atoms with Gasteiger partial charge in [0.1, 0.15) is 16.5 Å². The standard InChI is InChI=1S/C24H21ClFNO4S/c25-22-7-3-2-6-21(22)24(28)27(15-17-9-10-17)16-18-5-1-4-8-23(18)31-32(29,30)20-13-11-19(26)12-14-20/h1-8,11-14,17H,9-10,15-16H2. The number of nitrogens with zero attached hydrogens (tertiary/aromatic N) is 1. The first kappa shape index (κ1) is 22.3. The highest BCUT2D eigenvalue weighted by Gasteiger charge is 2.29. The summed E-state index contributed by atoms with van der Waals surface area (Å²) in [5, 5.41) is 0.363. The molecule has 1 fully saturated rings. The Morgan fingerprint density at radius 3 is 2.34 bits per heavy atom. The average Bonchev–Trinajstić information content (AvgIpc) is 3.59. The zero-order chi connectivity index (χ0) is 22.7. The maximum atomic E-state index is 13.2. The third-order valence-electron chi connectivity index (χ3n) is 5.20. The maximum Gasteiger partial charge on any atom is 0.339 e. The van der Waals surface area contributed by atoms with Crippen LogP contribution in [0, 0.1) is 11.7 Å². The van der Waals surface area contributed by atoms with Gasteiger partial charge in [-0.3, -0.25) is 4.79 Å². The predicted octanol–water partition coefficient (Wildman–Crippen LogP) is 5.30. The molecule has 0 aliphatic heterocycles. The van der Waals surface area contributed by atoms with E-state index in [-0.39, 0.29) is 23.1 Å². The van der Waals surface area contributed by atoms with Crippen LogP contribution in [0.5, 0.6) is 5.75 Å². The molecule has 3 aromatic carbocycles. The summed E-state index contributed by atoms with van der Waals surface area (Å²) in [5.41, 5.74) is 0.936. The highest BCUT2D eigenvalue weighted by molar-refractivity contribution is 7.87. The number of rotatable bonds is 8. The zero-order valence-corrected chi connectivity index (χ0v) is 18.7. The minimum Gasteiger partial charge on any atom is -0.379 e. The summed E-state index contributed by atoms with van der Waals surface area (Å²) in [7, 11) is -4.17. The SMILES string of the molecule is O=C(c1ccccc1Cl)N(Cc1ccccc1OS(=O)(=O)c1ccc(F)cc1)CC1CC1. The van der Waals surface area contributed by atoms with Gasteiger partial charge in [-0.1, -0.05) is 41.9 Å². The van der Waals surface area contributed by atoms with E-state index >= 15 is 0 Å². The van der Waals surface area contributed by atoms with E-state index in [0.717, 1.165) is 37.1 Å². The molecular weight excluding hydrogens is 453 g/mol. The summed E-state index contributed by atoms with van der Waals surface area (Å²) in [6.07, 6.45) is 2.09. The van der Waals surface area contributed by atoms with Gasteiger partial charge in [-0.05, 0) is 61.2 Å². The minimum atomic E-state index is -4.17. The fraction of sp³-hybridized carbons (Fsp3) is 0.208. The van der Waals surface area contributed by atoms with Gasteiger partial charge in [0.2, 0.25) is 0 Å². The van der Waals surface area contributed by atoms with Crippen molar-refractivity contribution in [3.63, 3.8) is 0 Å². The molecule has 0 heterocycles. The largest absolute Gasteiger partial charge is 0.379 e. The molecule has 0 spiro atoms. The molecule has 3 aromatic rings. The van der Waals surface area contributed by atoms with Gasteiger partial charge in [-0.25, -0.2) is 4.39 Å². The topological polar surface area (TPSA) is 63.7 Å². The number of carbonyl (C=O) groups excluding carboxylic acids is 1. The fourth-order valence-electron chi connectivity index (χ4n) is 3.33. The fourth-order valence-corrected chi connectivity index (χ4v) is 4.51. The Hall–Kier alpha value is -2.90. The zero-order valence-electron chi connectivity index (χ0n) is 17.1. The number of halogens is 2. The molecule has 0 unspecified atom stereocenters. The van der Waals surface area contributed by atoms with Crippen LogP contribution in [0.3, 0.4) is 0 Å². The van der Waals surface area contributed by atoms with Crippen molar-refractivity contribution >= 4 is 27.6 Å². The van der Waals surface area contributed by atoms with Gasteiger partial charge in [-0.15, -0.1) is 0 Å². The molecule has 166 valence electrons. The predicted molar refractivity (Wildman–Crippen MR) is 120 cm³/mol. The van der Waals surface area contributed by atoms with E-state index in [4.69, 9.17) is 15.8 Å². The second-order valence-electron chi connectivity index (χ2n) is 7.71. The van der Waals surface area contributed by atoms with Crippen molar-refractivity contribution in [2.75, 3.05) is 6.54 Å². The number of benzene rings is 3. The minimum absolute atomic E-state index is 0.115. The van der Waals surface area contributed by atoms with Crippen LogP contribution in [-0.4, -0.2) is 25.8 Å². The summed E-state index contributed by atoms with van der Waals surface area (Å²) in [6.45, 7) is 0.707. The van der Waals surface area contributed by atoms with E-state index in [0.29, 0.717) is 28.6 Å². The van der Waals surface area contributed by atoms with Crippen LogP contribution < -0.4 is 4.18 Å². The van der Waals surface area contributed by atoms with Gasteiger partial charge in [-0.2, -0.15) is 8.42 Å². The third kappa shape index (κ3) is 5.29.